The lowest BCUT2D eigenvalue weighted by molar-refractivity contribution is -0.131. The number of anilines is 1. The van der Waals surface area contributed by atoms with Gasteiger partial charge in [0, 0.05) is 45.8 Å². The zero-order valence-electron chi connectivity index (χ0n) is 14.2. The lowest BCUT2D eigenvalue weighted by atomic mass is 10.2. The summed E-state index contributed by atoms with van der Waals surface area (Å²) in [6, 6.07) is 3.67. The number of rotatable bonds is 4. The smallest absolute Gasteiger partial charge is 0.294 e. The Bertz CT molecular complexity index is 793. The highest BCUT2D eigenvalue weighted by molar-refractivity contribution is 5.76. The number of hydrogen-bond donors (Lipinski definition) is 0. The van der Waals surface area contributed by atoms with E-state index in [2.05, 4.69) is 16.9 Å². The number of fused-ring (bicyclic) bond motifs is 1. The van der Waals surface area contributed by atoms with Crippen molar-refractivity contribution in [3.63, 3.8) is 0 Å². The number of pyridine rings is 1. The zero-order valence-corrected chi connectivity index (χ0v) is 14.2. The van der Waals surface area contributed by atoms with Crippen LogP contribution in [0.3, 0.4) is 0 Å². The summed E-state index contributed by atoms with van der Waals surface area (Å²) in [6.07, 6.45) is 4.22. The molecule has 7 nitrogen and oxygen atoms in total. The van der Waals surface area contributed by atoms with Gasteiger partial charge in [0.15, 0.2) is 11.5 Å². The molecular formula is C17H23N5O2. The Morgan fingerprint density at radius 2 is 2.00 bits per heavy atom. The fourth-order valence-electron chi connectivity index (χ4n) is 3.00. The third-order valence-corrected chi connectivity index (χ3v) is 4.48. The van der Waals surface area contributed by atoms with E-state index in [0.717, 1.165) is 12.8 Å². The number of aryl methyl sites for hydroxylation is 1. The van der Waals surface area contributed by atoms with Gasteiger partial charge in [-0.1, -0.05) is 13.3 Å². The highest BCUT2D eigenvalue weighted by Gasteiger charge is 2.24. The molecule has 2 aromatic rings. The first-order chi connectivity index (χ1) is 11.6. The van der Waals surface area contributed by atoms with Crippen LogP contribution in [-0.4, -0.2) is 51.5 Å². The van der Waals surface area contributed by atoms with Crippen LogP contribution in [0.2, 0.25) is 0 Å². The zero-order chi connectivity index (χ0) is 17.1. The molecule has 0 spiro atoms. The molecule has 1 saturated heterocycles. The van der Waals surface area contributed by atoms with Crippen molar-refractivity contribution in [2.24, 2.45) is 7.05 Å². The van der Waals surface area contributed by atoms with Gasteiger partial charge in [0.1, 0.15) is 5.52 Å². The molecule has 0 bridgehead atoms. The molecule has 3 rings (SSSR count). The second-order valence-corrected chi connectivity index (χ2v) is 6.12. The molecule has 1 amide bonds. The van der Waals surface area contributed by atoms with E-state index in [-0.39, 0.29) is 11.5 Å². The molecule has 0 aliphatic carbocycles. The van der Waals surface area contributed by atoms with Crippen LogP contribution in [0.25, 0.3) is 11.2 Å². The van der Waals surface area contributed by atoms with Gasteiger partial charge in [0.25, 0.3) is 5.56 Å². The number of carbonyl (C=O) groups excluding carboxylic acids is 1. The molecular weight excluding hydrogens is 306 g/mol. The van der Waals surface area contributed by atoms with E-state index in [4.69, 9.17) is 0 Å². The predicted octanol–water partition coefficient (Wildman–Crippen LogP) is 1.17. The van der Waals surface area contributed by atoms with Gasteiger partial charge in [-0.15, -0.1) is 0 Å². The van der Waals surface area contributed by atoms with Crippen LogP contribution in [0.1, 0.15) is 26.2 Å². The van der Waals surface area contributed by atoms with Gasteiger partial charge in [0.05, 0.1) is 0 Å². The standard InChI is InChI=1S/C17H23N5O2/c1-3-4-7-14(23)21-9-11-22(12-10-21)16-17(24)20(2)15-13(19-16)6-5-8-18-15/h5-6,8H,3-4,7,9-12H2,1-2H3. The fourth-order valence-corrected chi connectivity index (χ4v) is 3.00. The van der Waals surface area contributed by atoms with Crippen molar-refractivity contribution in [2.45, 2.75) is 26.2 Å². The van der Waals surface area contributed by atoms with Crippen LogP contribution >= 0.6 is 0 Å². The molecule has 128 valence electrons. The Hall–Kier alpha value is -2.44. The van der Waals surface area contributed by atoms with Gasteiger partial charge in [-0.3, -0.25) is 14.2 Å². The largest absolute Gasteiger partial charge is 0.348 e. The molecule has 1 fully saturated rings. The molecule has 0 radical (unpaired) electrons. The number of nitrogens with zero attached hydrogens (tertiary/aromatic N) is 5. The average molecular weight is 329 g/mol. The monoisotopic (exact) mass is 329 g/mol. The highest BCUT2D eigenvalue weighted by Crippen LogP contribution is 2.14. The number of carbonyl (C=O) groups is 1. The summed E-state index contributed by atoms with van der Waals surface area (Å²) in [5, 5.41) is 0. The number of hydrogen-bond acceptors (Lipinski definition) is 5. The number of piperazine rings is 1. The molecule has 2 aromatic heterocycles. The van der Waals surface area contributed by atoms with E-state index < -0.39 is 0 Å². The maximum Gasteiger partial charge on any atom is 0.294 e. The van der Waals surface area contributed by atoms with E-state index in [0.29, 0.717) is 49.6 Å². The van der Waals surface area contributed by atoms with Crippen LogP contribution in [0.15, 0.2) is 23.1 Å². The molecule has 3 heterocycles. The minimum absolute atomic E-state index is 0.146. The van der Waals surface area contributed by atoms with Crippen molar-refractivity contribution in [3.05, 3.63) is 28.7 Å². The summed E-state index contributed by atoms with van der Waals surface area (Å²) in [7, 11) is 1.72. The molecule has 0 saturated carbocycles. The van der Waals surface area contributed by atoms with Crippen LogP contribution in [0, 0.1) is 0 Å². The average Bonchev–Trinajstić information content (AvgIpc) is 2.63. The van der Waals surface area contributed by atoms with Crippen molar-refractivity contribution in [3.8, 4) is 0 Å². The summed E-state index contributed by atoms with van der Waals surface area (Å²) in [6.45, 7) is 4.62. The molecule has 7 heteroatoms. The second kappa shape index (κ2) is 6.98. The van der Waals surface area contributed by atoms with Crippen molar-refractivity contribution < 1.29 is 4.79 Å². The first kappa shape index (κ1) is 16.4. The van der Waals surface area contributed by atoms with Gasteiger partial charge in [0.2, 0.25) is 5.91 Å². The van der Waals surface area contributed by atoms with Crippen molar-refractivity contribution in [1.82, 2.24) is 19.4 Å². The van der Waals surface area contributed by atoms with E-state index in [1.807, 2.05) is 21.9 Å². The van der Waals surface area contributed by atoms with Crippen molar-refractivity contribution in [1.29, 1.82) is 0 Å². The molecule has 24 heavy (non-hydrogen) atoms. The van der Waals surface area contributed by atoms with Gasteiger partial charge in [-0.25, -0.2) is 9.97 Å². The fraction of sp³-hybridized carbons (Fsp3) is 0.529. The molecule has 0 atom stereocenters. The summed E-state index contributed by atoms with van der Waals surface area (Å²) >= 11 is 0. The Balaban J connectivity index is 1.77. The van der Waals surface area contributed by atoms with Crippen LogP contribution in [-0.2, 0) is 11.8 Å². The van der Waals surface area contributed by atoms with Crippen molar-refractivity contribution in [2.75, 3.05) is 31.1 Å². The third-order valence-electron chi connectivity index (χ3n) is 4.48. The number of unbranched alkanes of at least 4 members (excludes halogenated alkanes) is 1. The van der Waals surface area contributed by atoms with Gasteiger partial charge in [-0.05, 0) is 18.6 Å². The van der Waals surface area contributed by atoms with Crippen LogP contribution < -0.4 is 10.5 Å². The summed E-state index contributed by atoms with van der Waals surface area (Å²) in [4.78, 5) is 37.3. The van der Waals surface area contributed by atoms with Crippen molar-refractivity contribution >= 4 is 22.9 Å². The molecule has 0 unspecified atom stereocenters. The Kier molecular flexibility index (Phi) is 4.78. The Morgan fingerprint density at radius 1 is 1.25 bits per heavy atom. The third kappa shape index (κ3) is 3.11. The molecule has 0 aromatic carbocycles. The molecule has 0 N–H and O–H groups in total. The normalized spacial score (nSPS) is 15.1. The van der Waals surface area contributed by atoms with Crippen LogP contribution in [0.5, 0.6) is 0 Å². The maximum absolute atomic E-state index is 12.6. The minimum atomic E-state index is -0.146. The maximum atomic E-state index is 12.6. The summed E-state index contributed by atoms with van der Waals surface area (Å²) in [5.41, 5.74) is 1.14. The minimum Gasteiger partial charge on any atom is -0.348 e. The van der Waals surface area contributed by atoms with Gasteiger partial charge in [-0.2, -0.15) is 0 Å². The number of aromatic nitrogens is 3. The van der Waals surface area contributed by atoms with E-state index in [9.17, 15) is 9.59 Å². The van der Waals surface area contributed by atoms with E-state index in [1.54, 1.807) is 13.2 Å². The predicted molar refractivity (Wildman–Crippen MR) is 93.1 cm³/mol. The van der Waals surface area contributed by atoms with Gasteiger partial charge >= 0.3 is 0 Å². The first-order valence-corrected chi connectivity index (χ1v) is 8.46. The van der Waals surface area contributed by atoms with Crippen LogP contribution in [0.4, 0.5) is 5.82 Å². The first-order valence-electron chi connectivity index (χ1n) is 8.46. The van der Waals surface area contributed by atoms with Gasteiger partial charge < -0.3 is 9.80 Å². The van der Waals surface area contributed by atoms with E-state index in [1.165, 1.54) is 4.57 Å². The SMILES string of the molecule is CCCCC(=O)N1CCN(c2nc3cccnc3n(C)c2=O)CC1. The molecule has 1 aliphatic heterocycles. The lowest BCUT2D eigenvalue weighted by Crippen LogP contribution is -2.50. The quantitative estimate of drug-likeness (QED) is 0.842. The Morgan fingerprint density at radius 3 is 2.71 bits per heavy atom. The Labute approximate surface area is 140 Å². The summed E-state index contributed by atoms with van der Waals surface area (Å²) < 4.78 is 1.54. The second-order valence-electron chi connectivity index (χ2n) is 6.12. The topological polar surface area (TPSA) is 71.3 Å². The van der Waals surface area contributed by atoms with E-state index >= 15 is 0 Å². The lowest BCUT2D eigenvalue weighted by Gasteiger charge is -2.35. The summed E-state index contributed by atoms with van der Waals surface area (Å²) in [5.74, 6) is 0.652. The highest BCUT2D eigenvalue weighted by atomic mass is 16.2. The molecule has 1 aliphatic rings. The number of amides is 1.